The molecule has 2 N–H and O–H groups in total. The second-order valence-electron chi connectivity index (χ2n) is 2.95. The van der Waals surface area contributed by atoms with Gasteiger partial charge >= 0.3 is 0 Å². The van der Waals surface area contributed by atoms with Crippen molar-refractivity contribution < 1.29 is 15.0 Å². The summed E-state index contributed by atoms with van der Waals surface area (Å²) in [6.07, 6.45) is 1.07. The Bertz CT molecular complexity index is 300. The molecule has 0 aliphatic carbocycles. The number of carboxylic acids is 1. The molecule has 4 nitrogen and oxygen atoms in total. The van der Waals surface area contributed by atoms with Gasteiger partial charge in [0, 0.05) is 23.9 Å². The number of carboxylic acid groups (broad SMARTS) is 1. The number of fused-ring (bicyclic) bond motifs is 1. The largest absolute Gasteiger partial charge is 0.550 e. The van der Waals surface area contributed by atoms with E-state index >= 15 is 0 Å². The zero-order valence-corrected chi connectivity index (χ0v) is 9.91. The average molecular weight is 251 g/mol. The van der Waals surface area contributed by atoms with Gasteiger partial charge in [0.15, 0.2) is 5.06 Å². The summed E-state index contributed by atoms with van der Waals surface area (Å²) < 4.78 is 0. The Morgan fingerprint density at radius 2 is 2.27 bits per heavy atom. The predicted molar refractivity (Wildman–Crippen MR) is 59.3 cm³/mol. The minimum atomic E-state index is -1.08. The van der Waals surface area contributed by atoms with Gasteiger partial charge in [-0.2, -0.15) is 0 Å². The van der Waals surface area contributed by atoms with E-state index in [9.17, 15) is 0 Å². The molecule has 1 aromatic rings. The van der Waals surface area contributed by atoms with E-state index in [2.05, 4.69) is 5.32 Å². The minimum Gasteiger partial charge on any atom is -0.550 e. The Labute approximate surface area is 98.3 Å². The highest BCUT2D eigenvalue weighted by atomic mass is 35.5. The van der Waals surface area contributed by atoms with Gasteiger partial charge in [-0.3, -0.25) is 0 Å². The van der Waals surface area contributed by atoms with Crippen LogP contribution in [0, 0.1) is 0 Å². The summed E-state index contributed by atoms with van der Waals surface area (Å²) in [5, 5.41) is 21.7. The van der Waals surface area contributed by atoms with E-state index in [0.29, 0.717) is 5.06 Å². The first-order chi connectivity index (χ1) is 6.59. The van der Waals surface area contributed by atoms with E-state index in [0.717, 1.165) is 26.4 Å². The van der Waals surface area contributed by atoms with Crippen LogP contribution in [0.2, 0.25) is 0 Å². The molecule has 0 saturated carbocycles. The molecule has 0 saturated heterocycles. The topological polar surface area (TPSA) is 72.4 Å². The van der Waals surface area contributed by atoms with Gasteiger partial charge in [0.25, 0.3) is 0 Å². The lowest BCUT2D eigenvalue weighted by molar-refractivity contribution is -0.302. The predicted octanol–water partition coefficient (Wildman–Crippen LogP) is 0.277. The van der Waals surface area contributed by atoms with Crippen LogP contribution in [-0.2, 0) is 17.8 Å². The van der Waals surface area contributed by atoms with Gasteiger partial charge in [-0.1, -0.05) is 0 Å². The van der Waals surface area contributed by atoms with Crippen molar-refractivity contribution >= 4 is 29.7 Å². The van der Waals surface area contributed by atoms with Crippen molar-refractivity contribution in [3.63, 3.8) is 0 Å². The fraction of sp³-hybridized carbons (Fsp3) is 0.444. The molecule has 0 aromatic carbocycles. The second-order valence-corrected chi connectivity index (χ2v) is 4.07. The van der Waals surface area contributed by atoms with Gasteiger partial charge in [-0.25, -0.2) is 0 Å². The highest BCUT2D eigenvalue weighted by Gasteiger charge is 2.11. The molecule has 0 bridgehead atoms. The number of thiophene rings is 1. The van der Waals surface area contributed by atoms with E-state index in [-0.39, 0.29) is 12.4 Å². The Morgan fingerprint density at radius 3 is 2.80 bits per heavy atom. The van der Waals surface area contributed by atoms with Gasteiger partial charge in [-0.05, 0) is 25.0 Å². The Morgan fingerprint density at radius 1 is 1.67 bits per heavy atom. The molecule has 6 heteroatoms. The SMILES string of the molecule is CC(=O)[O-].Cl.Oc1cc2c(s1)CCNC2. The number of hydrogen-bond acceptors (Lipinski definition) is 5. The molecule has 15 heavy (non-hydrogen) atoms. The van der Waals surface area contributed by atoms with E-state index in [1.807, 2.05) is 6.07 Å². The molecule has 1 aromatic heterocycles. The van der Waals surface area contributed by atoms with Crippen LogP contribution >= 0.6 is 23.7 Å². The number of hydrogen-bond donors (Lipinski definition) is 2. The van der Waals surface area contributed by atoms with Gasteiger partial charge in [0.1, 0.15) is 0 Å². The van der Waals surface area contributed by atoms with Crippen LogP contribution in [0.5, 0.6) is 5.06 Å². The number of carbonyl (C=O) groups is 1. The van der Waals surface area contributed by atoms with E-state index < -0.39 is 5.97 Å². The van der Waals surface area contributed by atoms with Crippen molar-refractivity contribution in [2.45, 2.75) is 19.9 Å². The second kappa shape index (κ2) is 6.66. The smallest absolute Gasteiger partial charge is 0.171 e. The number of nitrogens with one attached hydrogen (secondary N) is 1. The normalized spacial score (nSPS) is 12.9. The summed E-state index contributed by atoms with van der Waals surface area (Å²) in [5.74, 6) is -1.08. The van der Waals surface area contributed by atoms with Crippen LogP contribution in [-0.4, -0.2) is 17.6 Å². The summed E-state index contributed by atoms with van der Waals surface area (Å²) in [5.41, 5.74) is 1.27. The molecule has 0 amide bonds. The molecule has 0 unspecified atom stereocenters. The van der Waals surface area contributed by atoms with Crippen LogP contribution in [0.1, 0.15) is 17.4 Å². The summed E-state index contributed by atoms with van der Waals surface area (Å²) >= 11 is 1.51. The summed E-state index contributed by atoms with van der Waals surface area (Å²) in [4.78, 5) is 10.2. The number of aromatic hydroxyl groups is 1. The number of halogens is 1. The van der Waals surface area contributed by atoms with Crippen molar-refractivity contribution in [3.8, 4) is 5.06 Å². The minimum absolute atomic E-state index is 0. The van der Waals surface area contributed by atoms with Crippen LogP contribution in [0.15, 0.2) is 6.07 Å². The first-order valence-corrected chi connectivity index (χ1v) is 5.10. The molecular weight excluding hydrogens is 238 g/mol. The average Bonchev–Trinajstić information content (AvgIpc) is 2.42. The maximum atomic E-state index is 9.11. The van der Waals surface area contributed by atoms with Crippen LogP contribution in [0.25, 0.3) is 0 Å². The molecule has 0 fully saturated rings. The molecule has 86 valence electrons. The first kappa shape index (κ1) is 14.2. The third kappa shape index (κ3) is 5.01. The van der Waals surface area contributed by atoms with Crippen molar-refractivity contribution in [2.75, 3.05) is 6.54 Å². The lowest BCUT2D eigenvalue weighted by atomic mass is 10.1. The third-order valence-electron chi connectivity index (χ3n) is 1.73. The van der Waals surface area contributed by atoms with E-state index in [1.54, 1.807) is 0 Å². The van der Waals surface area contributed by atoms with Crippen LogP contribution < -0.4 is 10.4 Å². The first-order valence-electron chi connectivity index (χ1n) is 4.28. The molecular formula is C9H13ClNO3S-. The number of rotatable bonds is 0. The molecule has 0 spiro atoms. The molecule has 1 aliphatic heterocycles. The molecule has 2 rings (SSSR count). The zero-order valence-electron chi connectivity index (χ0n) is 8.28. The van der Waals surface area contributed by atoms with Crippen molar-refractivity contribution in [2.24, 2.45) is 0 Å². The zero-order chi connectivity index (χ0) is 10.6. The van der Waals surface area contributed by atoms with Crippen LogP contribution in [0.3, 0.4) is 0 Å². The van der Waals surface area contributed by atoms with Gasteiger partial charge in [0.2, 0.25) is 0 Å². The highest BCUT2D eigenvalue weighted by Crippen LogP contribution is 2.29. The molecule has 2 heterocycles. The van der Waals surface area contributed by atoms with Crippen molar-refractivity contribution in [1.82, 2.24) is 5.32 Å². The molecule has 1 aliphatic rings. The van der Waals surface area contributed by atoms with Crippen molar-refractivity contribution in [3.05, 3.63) is 16.5 Å². The molecule has 0 atom stereocenters. The molecule has 0 radical (unpaired) electrons. The number of aliphatic carboxylic acids is 1. The Balaban J connectivity index is 0.000000346. The van der Waals surface area contributed by atoms with Gasteiger partial charge in [-0.15, -0.1) is 23.7 Å². The summed E-state index contributed by atoms with van der Waals surface area (Å²) in [7, 11) is 0. The maximum Gasteiger partial charge on any atom is 0.171 e. The number of carbonyl (C=O) groups excluding carboxylic acids is 1. The monoisotopic (exact) mass is 250 g/mol. The van der Waals surface area contributed by atoms with Gasteiger partial charge in [0.05, 0.1) is 0 Å². The summed E-state index contributed by atoms with van der Waals surface area (Å²) in [6.45, 7) is 2.94. The Hall–Kier alpha value is -0.780. The van der Waals surface area contributed by atoms with Gasteiger partial charge < -0.3 is 20.3 Å². The standard InChI is InChI=1S/C7H9NOS.C2H4O2.ClH/c9-7-3-5-4-8-2-1-6(5)10-7;1-2(3)4;/h3,8-9H,1-2,4H2;1H3,(H,3,4);1H/p-1. The fourth-order valence-corrected chi connectivity index (χ4v) is 2.16. The van der Waals surface area contributed by atoms with E-state index in [1.165, 1.54) is 21.8 Å². The van der Waals surface area contributed by atoms with E-state index in [4.69, 9.17) is 15.0 Å². The van der Waals surface area contributed by atoms with Crippen molar-refractivity contribution in [1.29, 1.82) is 0 Å². The highest BCUT2D eigenvalue weighted by molar-refractivity contribution is 7.13. The maximum absolute atomic E-state index is 9.11. The summed E-state index contributed by atoms with van der Waals surface area (Å²) in [6, 6.07) is 1.85. The fourth-order valence-electron chi connectivity index (χ4n) is 1.24. The third-order valence-corrected chi connectivity index (χ3v) is 2.77. The Kier molecular flexibility index (Phi) is 6.31. The quantitative estimate of drug-likeness (QED) is 0.694. The van der Waals surface area contributed by atoms with Crippen LogP contribution in [0.4, 0.5) is 0 Å². The lowest BCUT2D eigenvalue weighted by Crippen LogP contribution is -2.21. The lowest BCUT2D eigenvalue weighted by Gasteiger charge is -2.10.